The molecular weight excluding hydrogens is 264 g/mol. The fraction of sp³-hybridized carbons (Fsp3) is 0.235. The first-order valence-electron chi connectivity index (χ1n) is 7.01. The predicted molar refractivity (Wildman–Crippen MR) is 84.5 cm³/mol. The van der Waals surface area contributed by atoms with Crippen LogP contribution < -0.4 is 15.4 Å². The summed E-state index contributed by atoms with van der Waals surface area (Å²) in [6.07, 6.45) is 0. The molecule has 4 nitrogen and oxygen atoms in total. The monoisotopic (exact) mass is 284 g/mol. The highest BCUT2D eigenvalue weighted by Gasteiger charge is 2.19. The molecule has 110 valence electrons. The second-order valence-corrected chi connectivity index (χ2v) is 4.55. The third-order valence-corrected chi connectivity index (χ3v) is 3.13. The lowest BCUT2D eigenvalue weighted by atomic mass is 10.1. The summed E-state index contributed by atoms with van der Waals surface area (Å²) in [7, 11) is 1.77. The van der Waals surface area contributed by atoms with Crippen LogP contribution in [-0.2, 0) is 4.79 Å². The lowest BCUT2D eigenvalue weighted by Gasteiger charge is -2.18. The van der Waals surface area contributed by atoms with Crippen LogP contribution in [0.5, 0.6) is 5.75 Å². The summed E-state index contributed by atoms with van der Waals surface area (Å²) in [5, 5.41) is 5.96. The van der Waals surface area contributed by atoms with Crippen LogP contribution >= 0.6 is 0 Å². The van der Waals surface area contributed by atoms with E-state index in [2.05, 4.69) is 10.6 Å². The van der Waals surface area contributed by atoms with Crippen LogP contribution in [0.15, 0.2) is 54.6 Å². The van der Waals surface area contributed by atoms with E-state index in [1.54, 1.807) is 7.05 Å². The molecule has 0 heterocycles. The minimum atomic E-state index is -0.402. The van der Waals surface area contributed by atoms with E-state index in [-0.39, 0.29) is 5.91 Å². The van der Waals surface area contributed by atoms with Crippen LogP contribution in [0.2, 0.25) is 0 Å². The second kappa shape index (κ2) is 7.45. The molecule has 21 heavy (non-hydrogen) atoms. The number of carbonyl (C=O) groups is 1. The molecule has 0 unspecified atom stereocenters. The van der Waals surface area contributed by atoms with E-state index < -0.39 is 6.04 Å². The van der Waals surface area contributed by atoms with Crippen molar-refractivity contribution in [2.75, 3.05) is 19.0 Å². The summed E-state index contributed by atoms with van der Waals surface area (Å²) < 4.78 is 5.52. The van der Waals surface area contributed by atoms with Gasteiger partial charge in [-0.15, -0.1) is 0 Å². The molecule has 0 spiro atoms. The molecule has 0 saturated heterocycles. The Kier molecular flexibility index (Phi) is 5.35. The quantitative estimate of drug-likeness (QED) is 0.857. The Morgan fingerprint density at radius 1 is 1.10 bits per heavy atom. The fourth-order valence-electron chi connectivity index (χ4n) is 2.15. The van der Waals surface area contributed by atoms with E-state index in [1.807, 2.05) is 61.5 Å². The minimum absolute atomic E-state index is 0.115. The van der Waals surface area contributed by atoms with E-state index in [9.17, 15) is 4.79 Å². The van der Waals surface area contributed by atoms with Gasteiger partial charge in [0, 0.05) is 0 Å². The van der Waals surface area contributed by atoms with Crippen LogP contribution in [0.4, 0.5) is 5.69 Å². The Balaban J connectivity index is 2.17. The zero-order chi connectivity index (χ0) is 15.1. The van der Waals surface area contributed by atoms with E-state index in [0.29, 0.717) is 18.0 Å². The van der Waals surface area contributed by atoms with E-state index in [0.717, 1.165) is 5.56 Å². The second-order valence-electron chi connectivity index (χ2n) is 4.55. The molecule has 2 aromatic rings. The van der Waals surface area contributed by atoms with Crippen LogP contribution in [-0.4, -0.2) is 19.6 Å². The largest absolute Gasteiger partial charge is 0.492 e. The summed E-state index contributed by atoms with van der Waals surface area (Å²) in [6, 6.07) is 16.6. The minimum Gasteiger partial charge on any atom is -0.492 e. The lowest BCUT2D eigenvalue weighted by molar-refractivity contribution is -0.118. The number of ether oxygens (including phenoxy) is 1. The highest BCUT2D eigenvalue weighted by molar-refractivity contribution is 5.96. The average Bonchev–Trinajstić information content (AvgIpc) is 2.51. The molecule has 4 heteroatoms. The number of hydrogen-bond acceptors (Lipinski definition) is 3. The van der Waals surface area contributed by atoms with Crippen LogP contribution in [0.3, 0.4) is 0 Å². The maximum atomic E-state index is 12.5. The number of amides is 1. The molecule has 2 aromatic carbocycles. The van der Waals surface area contributed by atoms with Gasteiger partial charge in [0.1, 0.15) is 11.8 Å². The molecule has 0 radical (unpaired) electrons. The molecule has 2 rings (SSSR count). The highest BCUT2D eigenvalue weighted by atomic mass is 16.5. The first kappa shape index (κ1) is 15.1. The van der Waals surface area contributed by atoms with Crippen molar-refractivity contribution in [3.8, 4) is 5.75 Å². The van der Waals surface area contributed by atoms with Crippen molar-refractivity contribution in [2.24, 2.45) is 0 Å². The molecule has 2 N–H and O–H groups in total. The smallest absolute Gasteiger partial charge is 0.246 e. The van der Waals surface area contributed by atoms with Gasteiger partial charge < -0.3 is 15.4 Å². The number of para-hydroxylation sites is 2. The standard InChI is InChI=1S/C17H20N2O2/c1-3-21-15-12-8-7-11-14(15)19-17(20)16(18-2)13-9-5-4-6-10-13/h4-12,16,18H,3H2,1-2H3,(H,19,20)/t16-/m1/s1. The first-order valence-corrected chi connectivity index (χ1v) is 7.01. The van der Waals surface area contributed by atoms with Gasteiger partial charge in [0.05, 0.1) is 12.3 Å². The predicted octanol–water partition coefficient (Wildman–Crippen LogP) is 2.98. The van der Waals surface area contributed by atoms with Gasteiger partial charge in [-0.05, 0) is 31.7 Å². The summed E-state index contributed by atoms with van der Waals surface area (Å²) in [6.45, 7) is 2.47. The fourth-order valence-corrected chi connectivity index (χ4v) is 2.15. The third kappa shape index (κ3) is 3.83. The number of nitrogens with one attached hydrogen (secondary N) is 2. The molecule has 0 bridgehead atoms. The Bertz CT molecular complexity index is 584. The topological polar surface area (TPSA) is 50.4 Å². The van der Waals surface area contributed by atoms with Crippen molar-refractivity contribution >= 4 is 11.6 Å². The molecule has 1 amide bonds. The summed E-state index contributed by atoms with van der Waals surface area (Å²) in [4.78, 5) is 12.5. The van der Waals surface area contributed by atoms with Gasteiger partial charge in [-0.2, -0.15) is 0 Å². The van der Waals surface area contributed by atoms with Gasteiger partial charge in [0.15, 0.2) is 0 Å². The first-order chi connectivity index (χ1) is 10.3. The van der Waals surface area contributed by atoms with E-state index in [4.69, 9.17) is 4.74 Å². The maximum Gasteiger partial charge on any atom is 0.246 e. The molecule has 0 aliphatic carbocycles. The van der Waals surface area contributed by atoms with Crippen molar-refractivity contribution in [1.29, 1.82) is 0 Å². The van der Waals surface area contributed by atoms with E-state index >= 15 is 0 Å². The van der Waals surface area contributed by atoms with Crippen molar-refractivity contribution < 1.29 is 9.53 Å². The molecular formula is C17H20N2O2. The average molecular weight is 284 g/mol. The van der Waals surface area contributed by atoms with Gasteiger partial charge >= 0.3 is 0 Å². The normalized spacial score (nSPS) is 11.7. The van der Waals surface area contributed by atoms with Gasteiger partial charge in [0.25, 0.3) is 0 Å². The van der Waals surface area contributed by atoms with Gasteiger partial charge in [-0.25, -0.2) is 0 Å². The van der Waals surface area contributed by atoms with Crippen LogP contribution in [0, 0.1) is 0 Å². The summed E-state index contributed by atoms with van der Waals surface area (Å²) >= 11 is 0. The number of benzene rings is 2. The van der Waals surface area contributed by atoms with Crippen LogP contribution in [0.25, 0.3) is 0 Å². The molecule has 0 aliphatic rings. The van der Waals surface area contributed by atoms with Gasteiger partial charge in [-0.3, -0.25) is 4.79 Å². The van der Waals surface area contributed by atoms with Crippen molar-refractivity contribution in [3.63, 3.8) is 0 Å². The van der Waals surface area contributed by atoms with Gasteiger partial charge in [-0.1, -0.05) is 42.5 Å². The molecule has 0 fully saturated rings. The van der Waals surface area contributed by atoms with E-state index in [1.165, 1.54) is 0 Å². The number of carbonyl (C=O) groups excluding carboxylic acids is 1. The summed E-state index contributed by atoms with van der Waals surface area (Å²) in [5.74, 6) is 0.562. The van der Waals surface area contributed by atoms with Crippen LogP contribution in [0.1, 0.15) is 18.5 Å². The SMILES string of the molecule is CCOc1ccccc1NC(=O)[C@H](NC)c1ccccc1. The number of hydrogen-bond donors (Lipinski definition) is 2. The van der Waals surface area contributed by atoms with Crippen molar-refractivity contribution in [3.05, 3.63) is 60.2 Å². The number of rotatable bonds is 6. The van der Waals surface area contributed by atoms with Crippen molar-refractivity contribution in [1.82, 2.24) is 5.32 Å². The molecule has 0 aliphatic heterocycles. The Morgan fingerprint density at radius 2 is 1.76 bits per heavy atom. The Morgan fingerprint density at radius 3 is 2.43 bits per heavy atom. The number of likely N-dealkylation sites (N-methyl/N-ethyl adjacent to an activating group) is 1. The Labute approximate surface area is 125 Å². The van der Waals surface area contributed by atoms with Crippen molar-refractivity contribution in [2.45, 2.75) is 13.0 Å². The zero-order valence-electron chi connectivity index (χ0n) is 12.3. The molecule has 1 atom stereocenters. The zero-order valence-corrected chi connectivity index (χ0v) is 12.3. The lowest BCUT2D eigenvalue weighted by Crippen LogP contribution is -2.30. The van der Waals surface area contributed by atoms with Gasteiger partial charge in [0.2, 0.25) is 5.91 Å². The third-order valence-electron chi connectivity index (χ3n) is 3.13. The molecule has 0 aromatic heterocycles. The maximum absolute atomic E-state index is 12.5. The molecule has 0 saturated carbocycles. The summed E-state index contributed by atoms with van der Waals surface area (Å²) in [5.41, 5.74) is 1.60. The Hall–Kier alpha value is -2.33. The highest BCUT2D eigenvalue weighted by Crippen LogP contribution is 2.25. The number of anilines is 1.